The quantitative estimate of drug-likeness (QED) is 0.449. The third kappa shape index (κ3) is 4.66. The van der Waals surface area contributed by atoms with Gasteiger partial charge >= 0.3 is 0 Å². The third-order valence-corrected chi connectivity index (χ3v) is 7.88. The molecule has 1 N–H and O–H groups in total. The van der Waals surface area contributed by atoms with Crippen LogP contribution in [0.4, 0.5) is 5.69 Å². The van der Waals surface area contributed by atoms with E-state index in [2.05, 4.69) is 32.2 Å². The molecule has 0 fully saturated rings. The summed E-state index contributed by atoms with van der Waals surface area (Å²) < 4.78 is 0. The molecule has 1 atom stereocenters. The van der Waals surface area contributed by atoms with Crippen LogP contribution in [0.2, 0.25) is 0 Å². The fourth-order valence-corrected chi connectivity index (χ4v) is 5.22. The molecule has 4 rings (SSSR count). The molecule has 4 nitrogen and oxygen atoms in total. The van der Waals surface area contributed by atoms with Crippen LogP contribution in [-0.4, -0.2) is 16.6 Å². The van der Waals surface area contributed by atoms with E-state index >= 15 is 0 Å². The highest BCUT2D eigenvalue weighted by atomic mass is 32.2. The lowest BCUT2D eigenvalue weighted by Crippen LogP contribution is -2.29. The normalized spacial score (nSPS) is 15.8. The number of fused-ring (bicyclic) bond motifs is 2. The molecule has 1 aliphatic rings. The zero-order valence-electron chi connectivity index (χ0n) is 18.9. The molecular formula is C27H29N3OS. The van der Waals surface area contributed by atoms with Gasteiger partial charge in [-0.05, 0) is 53.7 Å². The summed E-state index contributed by atoms with van der Waals surface area (Å²) in [6.07, 6.45) is 4.18. The first kappa shape index (κ1) is 22.4. The number of pyridine rings is 1. The molecular weight excluding hydrogens is 414 g/mol. The Morgan fingerprint density at radius 3 is 2.81 bits per heavy atom. The molecule has 0 bridgehead atoms. The number of thioether (sulfide) groups is 1. The van der Waals surface area contributed by atoms with Crippen molar-refractivity contribution in [3.63, 3.8) is 0 Å². The topological polar surface area (TPSA) is 65.8 Å². The Kier molecular flexibility index (Phi) is 6.53. The molecule has 1 heterocycles. The molecule has 1 aliphatic carbocycles. The number of benzene rings is 2. The number of rotatable bonds is 6. The molecule has 0 saturated carbocycles. The van der Waals surface area contributed by atoms with Crippen LogP contribution in [0.3, 0.4) is 0 Å². The van der Waals surface area contributed by atoms with Crippen LogP contribution >= 0.6 is 11.8 Å². The van der Waals surface area contributed by atoms with Crippen molar-refractivity contribution < 1.29 is 4.79 Å². The van der Waals surface area contributed by atoms with Gasteiger partial charge in [0.25, 0.3) is 0 Å². The predicted molar refractivity (Wildman–Crippen MR) is 132 cm³/mol. The van der Waals surface area contributed by atoms with Crippen molar-refractivity contribution in [2.24, 2.45) is 11.3 Å². The van der Waals surface area contributed by atoms with Crippen LogP contribution in [0.25, 0.3) is 10.8 Å². The fraction of sp³-hybridized carbons (Fsp3) is 0.370. The van der Waals surface area contributed by atoms with Crippen LogP contribution in [0.1, 0.15) is 50.4 Å². The van der Waals surface area contributed by atoms with Gasteiger partial charge in [0.05, 0.1) is 11.3 Å². The van der Waals surface area contributed by atoms with Gasteiger partial charge in [0.1, 0.15) is 11.1 Å². The molecule has 1 unspecified atom stereocenters. The highest BCUT2D eigenvalue weighted by Crippen LogP contribution is 2.40. The Morgan fingerprint density at radius 1 is 1.25 bits per heavy atom. The van der Waals surface area contributed by atoms with Crippen molar-refractivity contribution in [2.45, 2.75) is 51.5 Å². The number of nitriles is 1. The lowest BCUT2D eigenvalue weighted by Gasteiger charge is -2.37. The number of carbonyl (C=O) groups excluding carboxylic acids is 1. The molecule has 32 heavy (non-hydrogen) atoms. The number of hydrogen-bond acceptors (Lipinski definition) is 4. The van der Waals surface area contributed by atoms with Gasteiger partial charge in [-0.2, -0.15) is 5.26 Å². The number of nitrogens with zero attached hydrogens (tertiary/aromatic N) is 2. The van der Waals surface area contributed by atoms with Crippen LogP contribution < -0.4 is 5.32 Å². The van der Waals surface area contributed by atoms with Crippen molar-refractivity contribution in [1.82, 2.24) is 4.98 Å². The van der Waals surface area contributed by atoms with E-state index in [1.54, 1.807) is 0 Å². The van der Waals surface area contributed by atoms with Gasteiger partial charge < -0.3 is 5.32 Å². The summed E-state index contributed by atoms with van der Waals surface area (Å²) in [4.78, 5) is 17.5. The molecule has 3 aromatic rings. The molecule has 5 heteroatoms. The van der Waals surface area contributed by atoms with Gasteiger partial charge in [-0.3, -0.25) is 4.79 Å². The summed E-state index contributed by atoms with van der Waals surface area (Å²) in [7, 11) is 0. The summed E-state index contributed by atoms with van der Waals surface area (Å²) in [5.41, 5.74) is 3.95. The van der Waals surface area contributed by atoms with E-state index in [1.165, 1.54) is 17.3 Å². The van der Waals surface area contributed by atoms with Gasteiger partial charge in [-0.15, -0.1) is 0 Å². The lowest BCUT2D eigenvalue weighted by atomic mass is 9.69. The Bertz CT molecular complexity index is 1190. The Morgan fingerprint density at radius 2 is 2.03 bits per heavy atom. The predicted octanol–water partition coefficient (Wildman–Crippen LogP) is 6.38. The second kappa shape index (κ2) is 9.34. The number of carbonyl (C=O) groups is 1. The maximum Gasteiger partial charge on any atom is 0.234 e. The van der Waals surface area contributed by atoms with E-state index in [0.29, 0.717) is 16.5 Å². The molecule has 0 aliphatic heterocycles. The van der Waals surface area contributed by atoms with E-state index < -0.39 is 0 Å². The van der Waals surface area contributed by atoms with E-state index in [1.807, 2.05) is 48.5 Å². The third-order valence-electron chi connectivity index (χ3n) is 6.89. The van der Waals surface area contributed by atoms with Crippen LogP contribution in [0, 0.1) is 22.7 Å². The summed E-state index contributed by atoms with van der Waals surface area (Å²) >= 11 is 1.34. The Labute approximate surface area is 194 Å². The minimum Gasteiger partial charge on any atom is -0.325 e. The average Bonchev–Trinajstić information content (AvgIpc) is 2.82. The first-order valence-corrected chi connectivity index (χ1v) is 12.2. The molecule has 0 spiro atoms. The SMILES string of the molecule is CCC(C)(C)C1CCc2nc(SCC(=O)Nc3cccc4ccccc34)c(C#N)cc2C1. The van der Waals surface area contributed by atoms with Crippen LogP contribution in [-0.2, 0) is 17.6 Å². The molecule has 1 amide bonds. The molecule has 164 valence electrons. The number of aromatic nitrogens is 1. The summed E-state index contributed by atoms with van der Waals surface area (Å²) in [5, 5.41) is 15.5. The van der Waals surface area contributed by atoms with Crippen LogP contribution in [0.5, 0.6) is 0 Å². The Balaban J connectivity index is 1.47. The molecule has 2 aromatic carbocycles. The van der Waals surface area contributed by atoms with Crippen molar-refractivity contribution in [3.8, 4) is 6.07 Å². The van der Waals surface area contributed by atoms with Gasteiger partial charge in [0, 0.05) is 16.8 Å². The number of amides is 1. The number of anilines is 1. The first-order chi connectivity index (χ1) is 15.4. The van der Waals surface area contributed by atoms with Crippen molar-refractivity contribution in [1.29, 1.82) is 5.26 Å². The summed E-state index contributed by atoms with van der Waals surface area (Å²) in [6, 6.07) is 18.2. The van der Waals surface area contributed by atoms with Crippen molar-refractivity contribution in [3.05, 3.63) is 65.4 Å². The summed E-state index contributed by atoms with van der Waals surface area (Å²) in [6.45, 7) is 6.91. The van der Waals surface area contributed by atoms with E-state index in [0.717, 1.165) is 47.8 Å². The second-order valence-corrected chi connectivity index (χ2v) is 10.2. The van der Waals surface area contributed by atoms with E-state index in [-0.39, 0.29) is 17.1 Å². The number of nitrogens with one attached hydrogen (secondary N) is 1. The highest BCUT2D eigenvalue weighted by Gasteiger charge is 2.32. The van der Waals surface area contributed by atoms with Gasteiger partial charge in [-0.25, -0.2) is 4.98 Å². The van der Waals surface area contributed by atoms with E-state index in [9.17, 15) is 10.1 Å². The average molecular weight is 444 g/mol. The highest BCUT2D eigenvalue weighted by molar-refractivity contribution is 8.00. The minimum absolute atomic E-state index is 0.0977. The monoisotopic (exact) mass is 443 g/mol. The smallest absolute Gasteiger partial charge is 0.234 e. The molecule has 0 saturated heterocycles. The van der Waals surface area contributed by atoms with Gasteiger partial charge in [0.2, 0.25) is 5.91 Å². The van der Waals surface area contributed by atoms with E-state index in [4.69, 9.17) is 4.98 Å². The first-order valence-electron chi connectivity index (χ1n) is 11.2. The van der Waals surface area contributed by atoms with Crippen molar-refractivity contribution in [2.75, 3.05) is 11.1 Å². The maximum atomic E-state index is 12.7. The fourth-order valence-electron chi connectivity index (χ4n) is 4.45. The van der Waals surface area contributed by atoms with Gasteiger partial charge in [0.15, 0.2) is 0 Å². The van der Waals surface area contributed by atoms with Gasteiger partial charge in [-0.1, -0.05) is 75.4 Å². The number of aryl methyl sites for hydroxylation is 1. The Hall–Kier alpha value is -2.84. The van der Waals surface area contributed by atoms with Crippen molar-refractivity contribution >= 4 is 34.1 Å². The lowest BCUT2D eigenvalue weighted by molar-refractivity contribution is -0.113. The zero-order chi connectivity index (χ0) is 22.7. The maximum absolute atomic E-state index is 12.7. The molecule has 1 aromatic heterocycles. The minimum atomic E-state index is -0.0977. The number of hydrogen-bond donors (Lipinski definition) is 1. The largest absolute Gasteiger partial charge is 0.325 e. The standard InChI is InChI=1S/C27H29N3OS/c1-4-27(2,3)21-12-13-23-19(15-21)14-20(16-28)26(30-23)32-17-25(31)29-24-11-7-9-18-8-5-6-10-22(18)24/h5-11,14,21H,4,12-13,15,17H2,1-3H3,(H,29,31). The second-order valence-electron chi connectivity index (χ2n) is 9.20. The molecule has 0 radical (unpaired) electrons. The summed E-state index contributed by atoms with van der Waals surface area (Å²) in [5.74, 6) is 0.729. The zero-order valence-corrected chi connectivity index (χ0v) is 19.8. The van der Waals surface area contributed by atoms with Crippen LogP contribution in [0.15, 0.2) is 53.6 Å².